The number of aryl methyl sites for hydroxylation is 1. The lowest BCUT2D eigenvalue weighted by molar-refractivity contribution is 0.184. The van der Waals surface area contributed by atoms with Crippen LogP contribution >= 0.6 is 0 Å². The zero-order valence-electron chi connectivity index (χ0n) is 13.1. The number of hydrogen-bond donors (Lipinski definition) is 2. The summed E-state index contributed by atoms with van der Waals surface area (Å²) < 4.78 is 5.16. The Kier molecular flexibility index (Phi) is 5.98. The quantitative estimate of drug-likeness (QED) is 0.861. The lowest BCUT2D eigenvalue weighted by atomic mass is 10.1. The molecule has 0 atom stereocenters. The van der Waals surface area contributed by atoms with E-state index in [1.807, 2.05) is 49.4 Å². The second-order valence-electron chi connectivity index (χ2n) is 5.23. The van der Waals surface area contributed by atoms with Crippen LogP contribution in [0.5, 0.6) is 0 Å². The SMILES string of the molecule is COCc1ccccc1CNC(=O)NCc1cccc(C)c1. The van der Waals surface area contributed by atoms with Crippen LogP contribution in [0.4, 0.5) is 4.79 Å². The van der Waals surface area contributed by atoms with Crippen LogP contribution in [0.2, 0.25) is 0 Å². The summed E-state index contributed by atoms with van der Waals surface area (Å²) in [5.41, 5.74) is 4.43. The lowest BCUT2D eigenvalue weighted by Crippen LogP contribution is -2.34. The molecule has 0 aliphatic heterocycles. The van der Waals surface area contributed by atoms with Crippen molar-refractivity contribution in [3.63, 3.8) is 0 Å². The Morgan fingerprint density at radius 2 is 1.73 bits per heavy atom. The maximum absolute atomic E-state index is 11.9. The standard InChI is InChI=1S/C18H22N2O2/c1-14-6-5-7-15(10-14)11-19-18(21)20-12-16-8-3-4-9-17(16)13-22-2/h3-10H,11-13H2,1-2H3,(H2,19,20,21). The first-order valence-corrected chi connectivity index (χ1v) is 7.32. The van der Waals surface area contributed by atoms with Crippen LogP contribution < -0.4 is 10.6 Å². The summed E-state index contributed by atoms with van der Waals surface area (Å²) in [4.78, 5) is 11.9. The van der Waals surface area contributed by atoms with Gasteiger partial charge in [0.15, 0.2) is 0 Å². The van der Waals surface area contributed by atoms with Crippen LogP contribution in [0.15, 0.2) is 48.5 Å². The van der Waals surface area contributed by atoms with Crippen molar-refractivity contribution >= 4 is 6.03 Å². The van der Waals surface area contributed by atoms with Gasteiger partial charge in [0.25, 0.3) is 0 Å². The summed E-state index contributed by atoms with van der Waals surface area (Å²) in [7, 11) is 1.67. The van der Waals surface area contributed by atoms with Gasteiger partial charge >= 0.3 is 6.03 Å². The van der Waals surface area contributed by atoms with Crippen LogP contribution in [-0.2, 0) is 24.4 Å². The molecule has 0 radical (unpaired) electrons. The molecule has 2 amide bonds. The van der Waals surface area contributed by atoms with Gasteiger partial charge in [-0.2, -0.15) is 0 Å². The Morgan fingerprint density at radius 1 is 1.00 bits per heavy atom. The first-order valence-electron chi connectivity index (χ1n) is 7.32. The van der Waals surface area contributed by atoms with Gasteiger partial charge in [-0.15, -0.1) is 0 Å². The maximum Gasteiger partial charge on any atom is 0.315 e. The number of carbonyl (C=O) groups is 1. The molecular formula is C18H22N2O2. The van der Waals surface area contributed by atoms with E-state index in [4.69, 9.17) is 4.74 Å². The zero-order valence-corrected chi connectivity index (χ0v) is 13.1. The average Bonchev–Trinajstić information content (AvgIpc) is 2.52. The van der Waals surface area contributed by atoms with Crippen molar-refractivity contribution < 1.29 is 9.53 Å². The Morgan fingerprint density at radius 3 is 2.45 bits per heavy atom. The summed E-state index contributed by atoms with van der Waals surface area (Å²) in [6.07, 6.45) is 0. The molecule has 0 fully saturated rings. The second-order valence-corrected chi connectivity index (χ2v) is 5.23. The summed E-state index contributed by atoms with van der Waals surface area (Å²) in [6.45, 7) is 3.59. The molecule has 0 aliphatic carbocycles. The molecule has 0 heterocycles. The van der Waals surface area contributed by atoms with Crippen molar-refractivity contribution in [1.29, 1.82) is 0 Å². The summed E-state index contributed by atoms with van der Waals surface area (Å²) in [6, 6.07) is 15.8. The van der Waals surface area contributed by atoms with Crippen molar-refractivity contribution in [2.24, 2.45) is 0 Å². The van der Waals surface area contributed by atoms with Crippen molar-refractivity contribution in [3.8, 4) is 0 Å². The fourth-order valence-corrected chi connectivity index (χ4v) is 2.27. The van der Waals surface area contributed by atoms with Gasteiger partial charge in [0.2, 0.25) is 0 Å². The van der Waals surface area contributed by atoms with E-state index in [9.17, 15) is 4.79 Å². The molecule has 0 saturated carbocycles. The smallest absolute Gasteiger partial charge is 0.315 e. The molecule has 22 heavy (non-hydrogen) atoms. The first kappa shape index (κ1) is 16.0. The van der Waals surface area contributed by atoms with Gasteiger partial charge in [-0.05, 0) is 23.6 Å². The molecule has 2 aromatic rings. The van der Waals surface area contributed by atoms with Crippen molar-refractivity contribution in [3.05, 3.63) is 70.8 Å². The van der Waals surface area contributed by atoms with Crippen LogP contribution in [-0.4, -0.2) is 13.1 Å². The third-order valence-corrected chi connectivity index (χ3v) is 3.39. The number of rotatable bonds is 6. The van der Waals surface area contributed by atoms with Gasteiger partial charge < -0.3 is 15.4 Å². The molecule has 4 heteroatoms. The molecule has 116 valence electrons. The number of methoxy groups -OCH3 is 1. The minimum absolute atomic E-state index is 0.172. The number of nitrogens with one attached hydrogen (secondary N) is 2. The van der Waals surface area contributed by atoms with E-state index in [2.05, 4.69) is 16.7 Å². The Labute approximate surface area is 131 Å². The van der Waals surface area contributed by atoms with E-state index in [1.54, 1.807) is 7.11 Å². The van der Waals surface area contributed by atoms with E-state index >= 15 is 0 Å². The predicted octanol–water partition coefficient (Wildman–Crippen LogP) is 3.14. The third kappa shape index (κ3) is 4.90. The minimum Gasteiger partial charge on any atom is -0.380 e. The Balaban J connectivity index is 1.83. The Bertz CT molecular complexity index is 626. The highest BCUT2D eigenvalue weighted by Crippen LogP contribution is 2.09. The molecule has 2 aromatic carbocycles. The highest BCUT2D eigenvalue weighted by molar-refractivity contribution is 5.73. The van der Waals surface area contributed by atoms with E-state index in [0.717, 1.165) is 16.7 Å². The van der Waals surface area contributed by atoms with Gasteiger partial charge in [0, 0.05) is 20.2 Å². The van der Waals surface area contributed by atoms with Crippen molar-refractivity contribution in [2.75, 3.05) is 7.11 Å². The fraction of sp³-hybridized carbons (Fsp3) is 0.278. The third-order valence-electron chi connectivity index (χ3n) is 3.39. The maximum atomic E-state index is 11.9. The summed E-state index contributed by atoms with van der Waals surface area (Å²) in [5, 5.41) is 5.74. The molecule has 2 N–H and O–H groups in total. The van der Waals surface area contributed by atoms with E-state index in [0.29, 0.717) is 19.7 Å². The van der Waals surface area contributed by atoms with Crippen LogP contribution in [0.25, 0.3) is 0 Å². The van der Waals surface area contributed by atoms with Gasteiger partial charge in [-0.1, -0.05) is 54.1 Å². The fourth-order valence-electron chi connectivity index (χ4n) is 2.27. The van der Waals surface area contributed by atoms with Gasteiger partial charge in [0.1, 0.15) is 0 Å². The molecular weight excluding hydrogens is 276 g/mol. The molecule has 0 bridgehead atoms. The monoisotopic (exact) mass is 298 g/mol. The van der Waals surface area contributed by atoms with Crippen molar-refractivity contribution in [2.45, 2.75) is 26.6 Å². The largest absolute Gasteiger partial charge is 0.380 e. The highest BCUT2D eigenvalue weighted by Gasteiger charge is 2.04. The predicted molar refractivity (Wildman–Crippen MR) is 87.4 cm³/mol. The van der Waals surface area contributed by atoms with E-state index < -0.39 is 0 Å². The molecule has 4 nitrogen and oxygen atoms in total. The number of carbonyl (C=O) groups excluding carboxylic acids is 1. The number of benzene rings is 2. The number of urea groups is 1. The van der Waals surface area contributed by atoms with Crippen LogP contribution in [0.1, 0.15) is 22.3 Å². The topological polar surface area (TPSA) is 50.4 Å². The van der Waals surface area contributed by atoms with Gasteiger partial charge in [-0.25, -0.2) is 4.79 Å². The second kappa shape index (κ2) is 8.20. The highest BCUT2D eigenvalue weighted by atomic mass is 16.5. The number of ether oxygens (including phenoxy) is 1. The normalized spacial score (nSPS) is 10.3. The first-order chi connectivity index (χ1) is 10.7. The average molecular weight is 298 g/mol. The zero-order chi connectivity index (χ0) is 15.8. The van der Waals surface area contributed by atoms with Gasteiger partial charge in [0.05, 0.1) is 6.61 Å². The van der Waals surface area contributed by atoms with Crippen LogP contribution in [0.3, 0.4) is 0 Å². The van der Waals surface area contributed by atoms with E-state index in [1.165, 1.54) is 5.56 Å². The molecule has 0 spiro atoms. The number of amides is 2. The minimum atomic E-state index is -0.172. The van der Waals surface area contributed by atoms with Crippen molar-refractivity contribution in [1.82, 2.24) is 10.6 Å². The Hall–Kier alpha value is -2.33. The van der Waals surface area contributed by atoms with E-state index in [-0.39, 0.29) is 6.03 Å². The molecule has 0 aliphatic rings. The molecule has 0 unspecified atom stereocenters. The number of hydrogen-bond acceptors (Lipinski definition) is 2. The van der Waals surface area contributed by atoms with Crippen LogP contribution in [0, 0.1) is 6.92 Å². The summed E-state index contributed by atoms with van der Waals surface area (Å²) >= 11 is 0. The summed E-state index contributed by atoms with van der Waals surface area (Å²) in [5.74, 6) is 0. The molecule has 2 rings (SSSR count). The molecule has 0 saturated heterocycles. The molecule has 0 aromatic heterocycles. The lowest BCUT2D eigenvalue weighted by Gasteiger charge is -2.11. The van der Waals surface area contributed by atoms with Gasteiger partial charge in [-0.3, -0.25) is 0 Å².